The number of rotatable bonds is 4. The van der Waals surface area contributed by atoms with Gasteiger partial charge in [0.2, 0.25) is 0 Å². The first-order chi connectivity index (χ1) is 12.6. The Morgan fingerprint density at radius 2 is 1.96 bits per heavy atom. The summed E-state index contributed by atoms with van der Waals surface area (Å²) in [6.07, 6.45) is 5.74. The van der Waals surface area contributed by atoms with Crippen LogP contribution in [0.2, 0.25) is 0 Å². The number of ether oxygens (including phenoxy) is 1. The number of anilines is 2. The minimum Gasteiger partial charge on any atom is -0.490 e. The highest BCUT2D eigenvalue weighted by molar-refractivity contribution is 7.21. The fourth-order valence-electron chi connectivity index (χ4n) is 3.46. The molecule has 3 aromatic rings. The van der Waals surface area contributed by atoms with Crippen molar-refractivity contribution in [3.05, 3.63) is 47.6 Å². The lowest BCUT2D eigenvalue weighted by atomic mass is 10.1. The predicted octanol–water partition coefficient (Wildman–Crippen LogP) is 4.13. The molecule has 134 valence electrons. The van der Waals surface area contributed by atoms with Gasteiger partial charge >= 0.3 is 0 Å². The largest absolute Gasteiger partial charge is 0.490 e. The van der Waals surface area contributed by atoms with Crippen LogP contribution in [0.25, 0.3) is 10.1 Å². The van der Waals surface area contributed by atoms with E-state index < -0.39 is 0 Å². The molecule has 0 amide bonds. The third-order valence-corrected chi connectivity index (χ3v) is 6.01. The van der Waals surface area contributed by atoms with Gasteiger partial charge in [-0.1, -0.05) is 18.2 Å². The van der Waals surface area contributed by atoms with E-state index in [2.05, 4.69) is 9.88 Å². The molecule has 4 rings (SSSR count). The SMILES string of the molecule is CC(=O)c1sc2cncc(N3CCC(Oc4ccccc4)CC3)c2c1N. The van der Waals surface area contributed by atoms with E-state index in [9.17, 15) is 4.79 Å². The molecular formula is C20H21N3O2S. The smallest absolute Gasteiger partial charge is 0.171 e. The average Bonchev–Trinajstić information content (AvgIpc) is 3.01. The number of hydrogen-bond donors (Lipinski definition) is 1. The molecule has 0 aliphatic carbocycles. The number of Topliss-reactive ketones (excluding diaryl/α,β-unsaturated/α-hetero) is 1. The van der Waals surface area contributed by atoms with Gasteiger partial charge in [0.25, 0.3) is 0 Å². The number of carbonyl (C=O) groups is 1. The number of nitrogens with two attached hydrogens (primary N) is 1. The Balaban J connectivity index is 1.53. The number of aromatic nitrogens is 1. The van der Waals surface area contributed by atoms with Crippen LogP contribution in [0.4, 0.5) is 11.4 Å². The fourth-order valence-corrected chi connectivity index (χ4v) is 4.47. The highest BCUT2D eigenvalue weighted by Gasteiger charge is 2.24. The van der Waals surface area contributed by atoms with Crippen LogP contribution < -0.4 is 15.4 Å². The van der Waals surface area contributed by atoms with Crippen LogP contribution in [0.3, 0.4) is 0 Å². The number of benzene rings is 1. The van der Waals surface area contributed by atoms with Gasteiger partial charge < -0.3 is 15.4 Å². The summed E-state index contributed by atoms with van der Waals surface area (Å²) < 4.78 is 7.04. The van der Waals surface area contributed by atoms with E-state index in [1.54, 1.807) is 13.1 Å². The maximum atomic E-state index is 11.8. The number of piperidine rings is 1. The maximum Gasteiger partial charge on any atom is 0.171 e. The lowest BCUT2D eigenvalue weighted by Crippen LogP contribution is -2.38. The molecule has 0 saturated carbocycles. The average molecular weight is 367 g/mol. The first-order valence-electron chi connectivity index (χ1n) is 8.77. The molecule has 1 fully saturated rings. The van der Waals surface area contributed by atoms with Gasteiger partial charge in [0.15, 0.2) is 5.78 Å². The van der Waals surface area contributed by atoms with E-state index in [-0.39, 0.29) is 11.9 Å². The molecule has 26 heavy (non-hydrogen) atoms. The molecule has 6 heteroatoms. The number of pyridine rings is 1. The van der Waals surface area contributed by atoms with E-state index in [0.29, 0.717) is 10.6 Å². The van der Waals surface area contributed by atoms with Crippen LogP contribution in [-0.2, 0) is 0 Å². The summed E-state index contributed by atoms with van der Waals surface area (Å²) in [6.45, 7) is 3.31. The van der Waals surface area contributed by atoms with E-state index in [4.69, 9.17) is 10.5 Å². The summed E-state index contributed by atoms with van der Waals surface area (Å²) in [4.78, 5) is 19.1. The fraction of sp³-hybridized carbons (Fsp3) is 0.300. The molecule has 3 heterocycles. The first kappa shape index (κ1) is 16.8. The van der Waals surface area contributed by atoms with Crippen molar-refractivity contribution in [1.29, 1.82) is 0 Å². The monoisotopic (exact) mass is 367 g/mol. The highest BCUT2D eigenvalue weighted by Crippen LogP contribution is 2.40. The van der Waals surface area contributed by atoms with Crippen molar-refractivity contribution in [3.8, 4) is 5.75 Å². The van der Waals surface area contributed by atoms with Gasteiger partial charge in [-0.05, 0) is 12.1 Å². The van der Waals surface area contributed by atoms with Gasteiger partial charge in [-0.3, -0.25) is 9.78 Å². The second kappa shape index (κ2) is 6.96. The van der Waals surface area contributed by atoms with Crippen molar-refractivity contribution in [3.63, 3.8) is 0 Å². The number of para-hydroxylation sites is 1. The van der Waals surface area contributed by atoms with Gasteiger partial charge in [-0.25, -0.2) is 0 Å². The van der Waals surface area contributed by atoms with Crippen molar-refractivity contribution in [2.75, 3.05) is 23.7 Å². The number of ketones is 1. The van der Waals surface area contributed by atoms with Crippen molar-refractivity contribution >= 4 is 38.6 Å². The van der Waals surface area contributed by atoms with Crippen LogP contribution in [-0.4, -0.2) is 30.0 Å². The van der Waals surface area contributed by atoms with Gasteiger partial charge in [0.1, 0.15) is 11.9 Å². The quantitative estimate of drug-likeness (QED) is 0.702. The molecule has 1 aliphatic heterocycles. The van der Waals surface area contributed by atoms with E-state index in [1.807, 2.05) is 36.5 Å². The Bertz CT molecular complexity index is 931. The van der Waals surface area contributed by atoms with Crippen molar-refractivity contribution in [2.24, 2.45) is 0 Å². The molecule has 2 N–H and O–H groups in total. The summed E-state index contributed by atoms with van der Waals surface area (Å²) in [5.41, 5.74) is 7.88. The third kappa shape index (κ3) is 3.12. The second-order valence-corrected chi connectivity index (χ2v) is 7.60. The summed E-state index contributed by atoms with van der Waals surface area (Å²) in [5, 5.41) is 0.956. The van der Waals surface area contributed by atoms with Crippen molar-refractivity contribution in [1.82, 2.24) is 4.98 Å². The second-order valence-electron chi connectivity index (χ2n) is 6.55. The molecule has 1 aliphatic rings. The Labute approximate surface area is 156 Å². The van der Waals surface area contributed by atoms with E-state index in [0.717, 1.165) is 47.5 Å². The molecular weight excluding hydrogens is 346 g/mol. The molecule has 0 bridgehead atoms. The normalized spacial score (nSPS) is 15.3. The van der Waals surface area contributed by atoms with Crippen LogP contribution in [0.5, 0.6) is 5.75 Å². The summed E-state index contributed by atoms with van der Waals surface area (Å²) in [6, 6.07) is 9.95. The van der Waals surface area contributed by atoms with Gasteiger partial charge in [-0.15, -0.1) is 11.3 Å². The molecule has 0 atom stereocenters. The van der Waals surface area contributed by atoms with Gasteiger partial charge in [0.05, 0.1) is 27.1 Å². The summed E-state index contributed by atoms with van der Waals surface area (Å²) in [7, 11) is 0. The minimum atomic E-state index is 0.00428. The van der Waals surface area contributed by atoms with E-state index in [1.165, 1.54) is 11.3 Å². The molecule has 1 saturated heterocycles. The van der Waals surface area contributed by atoms with Gasteiger partial charge in [-0.2, -0.15) is 0 Å². The predicted molar refractivity (Wildman–Crippen MR) is 106 cm³/mol. The number of nitrogen functional groups attached to an aromatic ring is 1. The molecule has 5 nitrogen and oxygen atoms in total. The number of fused-ring (bicyclic) bond motifs is 1. The number of hydrogen-bond acceptors (Lipinski definition) is 6. The maximum absolute atomic E-state index is 11.8. The van der Waals surface area contributed by atoms with Gasteiger partial charge in [0, 0.05) is 44.4 Å². The Morgan fingerprint density at radius 1 is 1.23 bits per heavy atom. The van der Waals surface area contributed by atoms with Crippen LogP contribution in [0.1, 0.15) is 29.4 Å². The summed E-state index contributed by atoms with van der Waals surface area (Å²) in [5.74, 6) is 0.924. The molecule has 0 unspecified atom stereocenters. The minimum absolute atomic E-state index is 0.00428. The highest BCUT2D eigenvalue weighted by atomic mass is 32.1. The van der Waals surface area contributed by atoms with Crippen molar-refractivity contribution < 1.29 is 9.53 Å². The topological polar surface area (TPSA) is 68.5 Å². The zero-order valence-corrected chi connectivity index (χ0v) is 15.5. The van der Waals surface area contributed by atoms with Crippen LogP contribution >= 0.6 is 11.3 Å². The Kier molecular flexibility index (Phi) is 4.51. The van der Waals surface area contributed by atoms with Crippen LogP contribution in [0.15, 0.2) is 42.7 Å². The van der Waals surface area contributed by atoms with Crippen LogP contribution in [0, 0.1) is 0 Å². The molecule has 0 spiro atoms. The third-order valence-electron chi connectivity index (χ3n) is 4.77. The Morgan fingerprint density at radius 3 is 2.65 bits per heavy atom. The lowest BCUT2D eigenvalue weighted by molar-refractivity contribution is 0.102. The van der Waals surface area contributed by atoms with E-state index >= 15 is 0 Å². The Hall–Kier alpha value is -2.60. The standard InChI is InChI=1S/C20H21N3O2S/c1-13(24)20-19(21)18-16(11-22-12-17(18)26-20)23-9-7-15(8-10-23)25-14-5-3-2-4-6-14/h2-6,11-12,15H,7-10,21H2,1H3. The van der Waals surface area contributed by atoms with Crippen molar-refractivity contribution in [2.45, 2.75) is 25.9 Å². The first-order valence-corrected chi connectivity index (χ1v) is 9.58. The lowest BCUT2D eigenvalue weighted by Gasteiger charge is -2.34. The number of carbonyl (C=O) groups excluding carboxylic acids is 1. The molecule has 0 radical (unpaired) electrons. The molecule has 2 aromatic heterocycles. The number of nitrogens with zero attached hydrogens (tertiary/aromatic N) is 2. The summed E-state index contributed by atoms with van der Waals surface area (Å²) >= 11 is 1.42. The number of thiophene rings is 1. The molecule has 1 aromatic carbocycles. The zero-order chi connectivity index (χ0) is 18.1. The zero-order valence-electron chi connectivity index (χ0n) is 14.6.